The lowest BCUT2D eigenvalue weighted by molar-refractivity contribution is -0.143. The molecule has 0 bridgehead atoms. The fraction of sp³-hybridized carbons (Fsp3) is 0.333. The molecule has 8 nitrogen and oxygen atoms in total. The number of carbonyl (C=O) groups excluding carboxylic acids is 2. The van der Waals surface area contributed by atoms with E-state index in [9.17, 15) is 14.4 Å². The SMILES string of the molecule is CCOc1ccc([C@H]2C(C(=O)OC(C)C)=C(C)N=c3s/c(=C4\C(=O)N(C(C)C)c5ccccc54)c(=O)n32)cc1. The molecule has 1 amide bonds. The van der Waals surface area contributed by atoms with Gasteiger partial charge in [-0.3, -0.25) is 14.2 Å². The number of ether oxygens (including phenoxy) is 2. The second-order valence-electron chi connectivity index (χ2n) is 10.0. The number of allylic oxidation sites excluding steroid dienone is 1. The van der Waals surface area contributed by atoms with Gasteiger partial charge in [0.15, 0.2) is 4.80 Å². The van der Waals surface area contributed by atoms with Crippen molar-refractivity contribution in [1.82, 2.24) is 4.57 Å². The second kappa shape index (κ2) is 10.3. The summed E-state index contributed by atoms with van der Waals surface area (Å²) in [5.74, 6) is -0.0644. The van der Waals surface area contributed by atoms with Crippen LogP contribution in [0.15, 0.2) is 69.6 Å². The van der Waals surface area contributed by atoms with Gasteiger partial charge in [0.05, 0.1) is 41.3 Å². The third kappa shape index (κ3) is 4.50. The number of benzene rings is 2. The molecule has 1 atom stereocenters. The number of rotatable bonds is 6. The Morgan fingerprint density at radius 3 is 2.38 bits per heavy atom. The van der Waals surface area contributed by atoms with Crippen molar-refractivity contribution in [3.8, 4) is 5.75 Å². The van der Waals surface area contributed by atoms with E-state index in [2.05, 4.69) is 4.99 Å². The van der Waals surface area contributed by atoms with E-state index in [0.717, 1.165) is 5.69 Å². The van der Waals surface area contributed by atoms with Crippen LogP contribution in [0.3, 0.4) is 0 Å². The highest BCUT2D eigenvalue weighted by atomic mass is 32.1. The van der Waals surface area contributed by atoms with Gasteiger partial charge in [-0.1, -0.05) is 41.7 Å². The monoisotopic (exact) mass is 545 g/mol. The van der Waals surface area contributed by atoms with Crippen molar-refractivity contribution in [3.05, 3.63) is 90.6 Å². The Morgan fingerprint density at radius 1 is 1.05 bits per heavy atom. The van der Waals surface area contributed by atoms with Gasteiger partial charge in [0.25, 0.3) is 11.5 Å². The fourth-order valence-electron chi connectivity index (χ4n) is 5.11. The Hall–Kier alpha value is -3.98. The molecule has 0 saturated carbocycles. The Labute approximate surface area is 230 Å². The number of fused-ring (bicyclic) bond motifs is 2. The Balaban J connectivity index is 1.78. The molecule has 0 aliphatic carbocycles. The van der Waals surface area contributed by atoms with Gasteiger partial charge in [0.2, 0.25) is 0 Å². The van der Waals surface area contributed by atoms with E-state index in [1.54, 1.807) is 25.7 Å². The highest BCUT2D eigenvalue weighted by Gasteiger charge is 2.38. The standard InChI is InChI=1S/C30H31N3O5S/c1-7-37-20-14-12-19(13-15-20)25-23(29(36)38-17(4)5)18(6)31-30-33(25)28(35)26(39-30)24-21-10-8-9-11-22(21)32(16(2)3)27(24)34/h8-17,25H,7H2,1-6H3/b26-24-/t25-/m0/s1. The minimum atomic E-state index is -0.773. The molecule has 3 heterocycles. The highest BCUT2D eigenvalue weighted by Crippen LogP contribution is 2.37. The zero-order valence-corrected chi connectivity index (χ0v) is 23.7. The zero-order valence-electron chi connectivity index (χ0n) is 22.8. The first-order valence-electron chi connectivity index (χ1n) is 13.1. The van der Waals surface area contributed by atoms with Crippen LogP contribution in [-0.4, -0.2) is 35.2 Å². The topological polar surface area (TPSA) is 90.2 Å². The van der Waals surface area contributed by atoms with E-state index in [4.69, 9.17) is 9.47 Å². The van der Waals surface area contributed by atoms with E-state index >= 15 is 0 Å². The summed E-state index contributed by atoms with van der Waals surface area (Å²) in [7, 11) is 0. The van der Waals surface area contributed by atoms with Crippen molar-refractivity contribution < 1.29 is 19.1 Å². The van der Waals surface area contributed by atoms with Crippen molar-refractivity contribution >= 4 is 34.5 Å². The summed E-state index contributed by atoms with van der Waals surface area (Å²) in [5.41, 5.74) is 2.96. The van der Waals surface area contributed by atoms with Crippen LogP contribution in [0.5, 0.6) is 5.75 Å². The van der Waals surface area contributed by atoms with Gasteiger partial charge in [-0.2, -0.15) is 0 Å². The quantitative estimate of drug-likeness (QED) is 0.441. The summed E-state index contributed by atoms with van der Waals surface area (Å²) in [4.78, 5) is 48.0. The summed E-state index contributed by atoms with van der Waals surface area (Å²) in [6.07, 6.45) is -0.347. The molecule has 2 aliphatic heterocycles. The first kappa shape index (κ1) is 26.6. The van der Waals surface area contributed by atoms with Crippen LogP contribution in [-0.2, 0) is 14.3 Å². The number of esters is 1. The predicted molar refractivity (Wildman–Crippen MR) is 151 cm³/mol. The van der Waals surface area contributed by atoms with Crippen molar-refractivity contribution in [1.29, 1.82) is 0 Å². The second-order valence-corrected chi connectivity index (χ2v) is 11.0. The van der Waals surface area contributed by atoms with Gasteiger partial charge in [-0.15, -0.1) is 0 Å². The van der Waals surface area contributed by atoms with Crippen molar-refractivity contribution in [2.45, 2.75) is 59.7 Å². The van der Waals surface area contributed by atoms with E-state index in [1.807, 2.05) is 69.3 Å². The molecule has 1 aromatic heterocycles. The number of nitrogens with zero attached hydrogens (tertiary/aromatic N) is 3. The van der Waals surface area contributed by atoms with Crippen molar-refractivity contribution in [2.75, 3.05) is 11.5 Å². The highest BCUT2D eigenvalue weighted by molar-refractivity contribution is 7.07. The Bertz CT molecular complexity index is 1680. The lowest BCUT2D eigenvalue weighted by Gasteiger charge is -2.25. The number of anilines is 1. The minimum absolute atomic E-state index is 0.0869. The molecule has 0 radical (unpaired) electrons. The molecule has 5 rings (SSSR count). The number of hydrogen-bond acceptors (Lipinski definition) is 7. The molecule has 0 fully saturated rings. The number of amides is 1. The third-order valence-corrected chi connectivity index (χ3v) is 7.73. The maximum Gasteiger partial charge on any atom is 0.338 e. The maximum atomic E-state index is 14.2. The van der Waals surface area contributed by atoms with Crippen LogP contribution < -0.4 is 24.5 Å². The normalized spacial score (nSPS) is 17.9. The summed E-state index contributed by atoms with van der Waals surface area (Å²) in [6.45, 7) is 11.6. The van der Waals surface area contributed by atoms with Gasteiger partial charge in [0, 0.05) is 11.6 Å². The van der Waals surface area contributed by atoms with Crippen LogP contribution in [0.2, 0.25) is 0 Å². The molecular formula is C30H31N3O5S. The summed E-state index contributed by atoms with van der Waals surface area (Å²) in [6, 6.07) is 14.0. The van der Waals surface area contributed by atoms with Crippen LogP contribution in [0.25, 0.3) is 5.57 Å². The molecule has 0 spiro atoms. The number of carbonyl (C=O) groups is 2. The lowest BCUT2D eigenvalue weighted by Crippen LogP contribution is -2.41. The Kier molecular flexibility index (Phi) is 7.03. The Morgan fingerprint density at radius 2 is 1.74 bits per heavy atom. The van der Waals surface area contributed by atoms with E-state index < -0.39 is 12.0 Å². The number of hydrogen-bond donors (Lipinski definition) is 0. The largest absolute Gasteiger partial charge is 0.494 e. The number of thiazole rings is 1. The summed E-state index contributed by atoms with van der Waals surface area (Å²) >= 11 is 1.17. The average molecular weight is 546 g/mol. The van der Waals surface area contributed by atoms with Crippen molar-refractivity contribution in [3.63, 3.8) is 0 Å². The summed E-state index contributed by atoms with van der Waals surface area (Å²) < 4.78 is 13.0. The van der Waals surface area contributed by atoms with Gasteiger partial charge < -0.3 is 14.4 Å². The molecule has 2 aromatic carbocycles. The minimum Gasteiger partial charge on any atom is -0.494 e. The molecule has 0 unspecified atom stereocenters. The molecule has 9 heteroatoms. The van der Waals surface area contributed by atoms with Gasteiger partial charge in [0.1, 0.15) is 10.3 Å². The molecule has 39 heavy (non-hydrogen) atoms. The van der Waals surface area contributed by atoms with E-state index in [1.165, 1.54) is 15.9 Å². The van der Waals surface area contributed by atoms with Crippen molar-refractivity contribution in [2.24, 2.45) is 4.99 Å². The zero-order chi connectivity index (χ0) is 28.0. The van der Waals surface area contributed by atoms with Gasteiger partial charge in [-0.25, -0.2) is 9.79 Å². The van der Waals surface area contributed by atoms with Gasteiger partial charge in [-0.05, 0) is 65.3 Å². The number of para-hydroxylation sites is 1. The molecule has 2 aliphatic rings. The van der Waals surface area contributed by atoms with Crippen LogP contribution in [0.1, 0.15) is 58.7 Å². The molecule has 202 valence electrons. The van der Waals surface area contributed by atoms with Crippen LogP contribution in [0.4, 0.5) is 5.69 Å². The van der Waals surface area contributed by atoms with Crippen LogP contribution in [0, 0.1) is 0 Å². The van der Waals surface area contributed by atoms with Gasteiger partial charge >= 0.3 is 5.97 Å². The first-order chi connectivity index (χ1) is 18.6. The summed E-state index contributed by atoms with van der Waals surface area (Å²) in [5, 5.41) is 0. The van der Waals surface area contributed by atoms with E-state index in [0.29, 0.717) is 49.7 Å². The predicted octanol–water partition coefficient (Wildman–Crippen LogP) is 3.71. The smallest absolute Gasteiger partial charge is 0.338 e. The number of aromatic nitrogens is 1. The third-order valence-electron chi connectivity index (χ3n) is 6.68. The molecule has 3 aromatic rings. The fourth-order valence-corrected chi connectivity index (χ4v) is 6.25. The molecular weight excluding hydrogens is 514 g/mol. The van der Waals surface area contributed by atoms with E-state index in [-0.39, 0.29) is 23.6 Å². The average Bonchev–Trinajstić information content (AvgIpc) is 3.35. The maximum absolute atomic E-state index is 14.2. The molecule has 0 saturated heterocycles. The lowest BCUT2D eigenvalue weighted by atomic mass is 9.95. The van der Waals surface area contributed by atoms with Crippen LogP contribution >= 0.6 is 11.3 Å². The molecule has 0 N–H and O–H groups in total. The first-order valence-corrected chi connectivity index (χ1v) is 13.9.